The van der Waals surface area contributed by atoms with Gasteiger partial charge in [-0.1, -0.05) is 37.3 Å². The SMILES string of the molecule is COC(=O)C1=CCC(C(=O)N2CCC3(S(=O)(=O)c4cccc(F)c4)c4ccc(C(F)(C(F)(F)F)C(F)(F)F)cc4CCC23)C(C)C1. The number of hydrogen-bond acceptors (Lipinski definition) is 5. The number of allylic oxidation sites excluding steroid dienone is 1. The van der Waals surface area contributed by atoms with E-state index >= 15 is 4.39 Å². The van der Waals surface area contributed by atoms with Crippen LogP contribution in [0.4, 0.5) is 35.1 Å². The van der Waals surface area contributed by atoms with Crippen LogP contribution in [-0.4, -0.2) is 57.2 Å². The van der Waals surface area contributed by atoms with Gasteiger partial charge in [-0.25, -0.2) is 22.0 Å². The van der Waals surface area contributed by atoms with E-state index in [-0.39, 0.29) is 61.8 Å². The van der Waals surface area contributed by atoms with E-state index in [0.29, 0.717) is 11.6 Å². The molecule has 4 unspecified atom stereocenters. The van der Waals surface area contributed by atoms with Gasteiger partial charge in [0.15, 0.2) is 9.84 Å². The fraction of sp³-hybridized carbons (Fsp3) is 0.484. The highest BCUT2D eigenvalue weighted by molar-refractivity contribution is 7.92. The van der Waals surface area contributed by atoms with Crippen molar-refractivity contribution >= 4 is 21.7 Å². The quantitative estimate of drug-likeness (QED) is 0.267. The van der Waals surface area contributed by atoms with Crippen LogP contribution in [0, 0.1) is 17.7 Å². The molecule has 250 valence electrons. The number of carbonyl (C=O) groups excluding carboxylic acids is 2. The summed E-state index contributed by atoms with van der Waals surface area (Å²) in [6.07, 6.45) is -11.6. The van der Waals surface area contributed by atoms with Crippen LogP contribution in [0.25, 0.3) is 0 Å². The Morgan fingerprint density at radius 3 is 2.26 bits per heavy atom. The van der Waals surface area contributed by atoms with Gasteiger partial charge < -0.3 is 9.64 Å². The zero-order valence-electron chi connectivity index (χ0n) is 24.5. The molecule has 2 aliphatic carbocycles. The van der Waals surface area contributed by atoms with E-state index in [2.05, 4.69) is 0 Å². The number of alkyl halides is 7. The summed E-state index contributed by atoms with van der Waals surface area (Å²) in [6, 6.07) is 4.27. The minimum absolute atomic E-state index is 0.144. The summed E-state index contributed by atoms with van der Waals surface area (Å²) in [6.45, 7) is 1.60. The van der Waals surface area contributed by atoms with Crippen LogP contribution in [-0.2, 0) is 41.0 Å². The summed E-state index contributed by atoms with van der Waals surface area (Å²) in [4.78, 5) is 26.9. The van der Waals surface area contributed by atoms with Crippen molar-refractivity contribution < 1.29 is 57.9 Å². The lowest BCUT2D eigenvalue weighted by molar-refractivity contribution is -0.348. The first-order valence-electron chi connectivity index (χ1n) is 14.4. The third-order valence-corrected chi connectivity index (χ3v) is 12.1. The van der Waals surface area contributed by atoms with Crippen molar-refractivity contribution in [3.63, 3.8) is 0 Å². The third-order valence-electron chi connectivity index (χ3n) is 9.55. The lowest BCUT2D eigenvalue weighted by Gasteiger charge is -2.44. The number of fused-ring (bicyclic) bond motifs is 3. The predicted octanol–water partition coefficient (Wildman–Crippen LogP) is 6.48. The second kappa shape index (κ2) is 11.3. The Labute approximate surface area is 259 Å². The normalized spacial score (nSPS) is 25.4. The number of methoxy groups -OCH3 is 1. The zero-order valence-corrected chi connectivity index (χ0v) is 25.3. The van der Waals surface area contributed by atoms with Gasteiger partial charge in [0.1, 0.15) is 10.6 Å². The molecule has 0 saturated carbocycles. The molecule has 15 heteroatoms. The van der Waals surface area contributed by atoms with Crippen molar-refractivity contribution in [3.8, 4) is 0 Å². The van der Waals surface area contributed by atoms with Gasteiger partial charge >= 0.3 is 24.0 Å². The van der Waals surface area contributed by atoms with Crippen LogP contribution in [0.5, 0.6) is 0 Å². The zero-order chi connectivity index (χ0) is 34.0. The highest BCUT2D eigenvalue weighted by atomic mass is 32.2. The fourth-order valence-electron chi connectivity index (χ4n) is 7.27. The lowest BCUT2D eigenvalue weighted by atomic mass is 9.76. The lowest BCUT2D eigenvalue weighted by Crippen LogP contribution is -2.54. The van der Waals surface area contributed by atoms with Crippen molar-refractivity contribution in [1.29, 1.82) is 0 Å². The average molecular weight is 680 g/mol. The highest BCUT2D eigenvalue weighted by Crippen LogP contribution is 2.57. The van der Waals surface area contributed by atoms with Crippen LogP contribution < -0.4 is 0 Å². The number of ether oxygens (including phenoxy) is 1. The number of likely N-dealkylation sites (tertiary alicyclic amines) is 1. The first-order chi connectivity index (χ1) is 21.3. The Hall–Kier alpha value is -3.49. The number of carbonyl (C=O) groups is 2. The first-order valence-corrected chi connectivity index (χ1v) is 15.8. The molecule has 0 bridgehead atoms. The number of rotatable bonds is 5. The molecular formula is C31H29F8NO5S. The maximum atomic E-state index is 15.0. The smallest absolute Gasteiger partial charge is 0.435 e. The Balaban J connectivity index is 1.64. The van der Waals surface area contributed by atoms with Crippen molar-refractivity contribution in [2.24, 2.45) is 11.8 Å². The van der Waals surface area contributed by atoms with E-state index in [1.54, 1.807) is 13.0 Å². The van der Waals surface area contributed by atoms with Gasteiger partial charge in [0.05, 0.1) is 18.0 Å². The molecule has 0 spiro atoms. The van der Waals surface area contributed by atoms with Crippen LogP contribution in [0.3, 0.4) is 0 Å². The Morgan fingerprint density at radius 1 is 1.00 bits per heavy atom. The van der Waals surface area contributed by atoms with E-state index in [9.17, 15) is 48.7 Å². The fourth-order valence-corrected chi connectivity index (χ4v) is 9.67. The molecule has 1 saturated heterocycles. The minimum atomic E-state index is -6.38. The number of amides is 1. The Morgan fingerprint density at radius 2 is 1.67 bits per heavy atom. The van der Waals surface area contributed by atoms with Crippen molar-refractivity contribution in [2.45, 2.75) is 72.7 Å². The van der Waals surface area contributed by atoms with Crippen molar-refractivity contribution in [1.82, 2.24) is 4.90 Å². The molecule has 1 heterocycles. The molecule has 1 amide bonds. The summed E-state index contributed by atoms with van der Waals surface area (Å²) in [5.74, 6) is -2.92. The molecule has 5 rings (SSSR count). The van der Waals surface area contributed by atoms with Gasteiger partial charge in [0.2, 0.25) is 5.91 Å². The maximum absolute atomic E-state index is 15.0. The number of halogens is 8. The summed E-state index contributed by atoms with van der Waals surface area (Å²) in [5.41, 5.74) is -7.53. The van der Waals surface area contributed by atoms with Crippen molar-refractivity contribution in [2.75, 3.05) is 13.7 Å². The molecule has 0 radical (unpaired) electrons. The number of nitrogens with zero attached hydrogens (tertiary/aromatic N) is 1. The molecule has 46 heavy (non-hydrogen) atoms. The van der Waals surface area contributed by atoms with Gasteiger partial charge in [-0.3, -0.25) is 4.79 Å². The van der Waals surface area contributed by atoms with Gasteiger partial charge in [-0.2, -0.15) is 26.3 Å². The monoisotopic (exact) mass is 679 g/mol. The number of hydrogen-bond donors (Lipinski definition) is 0. The molecule has 2 aromatic carbocycles. The second-order valence-electron chi connectivity index (χ2n) is 12.0. The number of esters is 1. The summed E-state index contributed by atoms with van der Waals surface area (Å²) >= 11 is 0. The van der Waals surface area contributed by atoms with Crippen LogP contribution in [0.1, 0.15) is 49.3 Å². The molecule has 1 aliphatic heterocycles. The largest absolute Gasteiger partial charge is 0.466 e. The molecule has 0 aromatic heterocycles. The predicted molar refractivity (Wildman–Crippen MR) is 147 cm³/mol. The number of benzene rings is 2. The van der Waals surface area contributed by atoms with E-state index < -0.39 is 72.7 Å². The molecule has 6 nitrogen and oxygen atoms in total. The molecule has 1 fully saturated rings. The standard InChI is InChI=1S/C31H29F8NO5S/c1-17-14-19(27(42)45-2)6-9-23(17)26(41)40-13-12-28(46(43,44)22-5-3-4-21(32)16-22)24-10-8-20(15-18(24)7-11-25(28)40)29(33,30(34,35)36)31(37,38)39/h3-6,8,10,15-17,23,25H,7,9,11-14H2,1-2H3. The van der Waals surface area contributed by atoms with Gasteiger partial charge in [0.25, 0.3) is 0 Å². The van der Waals surface area contributed by atoms with E-state index in [1.165, 1.54) is 12.0 Å². The third kappa shape index (κ3) is 5.00. The van der Waals surface area contributed by atoms with E-state index in [0.717, 1.165) is 30.3 Å². The molecule has 4 atom stereocenters. The Bertz CT molecular complexity index is 1690. The van der Waals surface area contributed by atoms with Gasteiger partial charge in [0, 0.05) is 23.6 Å². The maximum Gasteiger partial charge on any atom is 0.435 e. The summed E-state index contributed by atoms with van der Waals surface area (Å²) in [5, 5.41) is 0. The summed E-state index contributed by atoms with van der Waals surface area (Å²) in [7, 11) is -3.46. The van der Waals surface area contributed by atoms with Gasteiger partial charge in [-0.15, -0.1) is 0 Å². The molecule has 2 aromatic rings. The molecule has 0 N–H and O–H groups in total. The van der Waals surface area contributed by atoms with Crippen LogP contribution in [0.15, 0.2) is 59.0 Å². The summed E-state index contributed by atoms with van der Waals surface area (Å²) < 4.78 is 142. The minimum Gasteiger partial charge on any atom is -0.466 e. The Kier molecular flexibility index (Phi) is 8.35. The van der Waals surface area contributed by atoms with E-state index in [4.69, 9.17) is 4.74 Å². The van der Waals surface area contributed by atoms with Crippen LogP contribution >= 0.6 is 0 Å². The van der Waals surface area contributed by atoms with Crippen LogP contribution in [0.2, 0.25) is 0 Å². The average Bonchev–Trinajstić information content (AvgIpc) is 3.40. The second-order valence-corrected chi connectivity index (χ2v) is 14.2. The number of aryl methyl sites for hydroxylation is 1. The topological polar surface area (TPSA) is 80.8 Å². The van der Waals surface area contributed by atoms with E-state index in [1.807, 2.05) is 0 Å². The highest BCUT2D eigenvalue weighted by Gasteiger charge is 2.74. The van der Waals surface area contributed by atoms with Crippen molar-refractivity contribution in [3.05, 3.63) is 76.6 Å². The van der Waals surface area contributed by atoms with Gasteiger partial charge in [-0.05, 0) is 67.3 Å². The molecule has 3 aliphatic rings. The first kappa shape index (κ1) is 33.9. The molecular weight excluding hydrogens is 650 g/mol. The number of sulfone groups is 1.